The molecule has 1 aliphatic carbocycles. The van der Waals surface area contributed by atoms with Crippen LogP contribution in [0.1, 0.15) is 53.2 Å². The number of carboxylic acid groups (broad SMARTS) is 1. The molecule has 98 valence electrons. The summed E-state index contributed by atoms with van der Waals surface area (Å²) in [5.41, 5.74) is 7.51. The fraction of sp³-hybridized carbons (Fsp3) is 0.500. The number of hydrogen-bond acceptors (Lipinski definition) is 3. The van der Waals surface area contributed by atoms with Gasteiger partial charge in [0.05, 0.1) is 0 Å². The minimum atomic E-state index is -1.11. The van der Waals surface area contributed by atoms with Gasteiger partial charge in [0.15, 0.2) is 0 Å². The van der Waals surface area contributed by atoms with Crippen LogP contribution in [0.3, 0.4) is 0 Å². The van der Waals surface area contributed by atoms with Crippen LogP contribution in [0.2, 0.25) is 0 Å². The molecule has 18 heavy (non-hydrogen) atoms. The summed E-state index contributed by atoms with van der Waals surface area (Å²) < 4.78 is 0. The molecule has 1 fully saturated rings. The highest BCUT2D eigenvalue weighted by atomic mass is 16.4. The second kappa shape index (κ2) is 4.98. The van der Waals surface area contributed by atoms with E-state index in [1.807, 2.05) is 6.92 Å². The van der Waals surface area contributed by atoms with Gasteiger partial charge in [0.2, 0.25) is 0 Å². The van der Waals surface area contributed by atoms with Crippen LogP contribution in [0.25, 0.3) is 0 Å². The van der Waals surface area contributed by atoms with Gasteiger partial charge in [-0.15, -0.1) is 0 Å². The summed E-state index contributed by atoms with van der Waals surface area (Å²) in [4.78, 5) is 11.1. The predicted octanol–water partition coefficient (Wildman–Crippen LogP) is 2.59. The number of carbonyl (C=O) groups is 1. The Hall–Kier alpha value is -1.55. The van der Waals surface area contributed by atoms with Crippen molar-refractivity contribution in [1.82, 2.24) is 0 Å². The molecular weight excluding hydrogens is 230 g/mol. The molecule has 1 saturated carbocycles. The minimum absolute atomic E-state index is 0.0570. The predicted molar refractivity (Wildman–Crippen MR) is 68.7 cm³/mol. The van der Waals surface area contributed by atoms with E-state index in [0.717, 1.165) is 31.2 Å². The van der Waals surface area contributed by atoms with Crippen LogP contribution < -0.4 is 5.73 Å². The zero-order valence-electron chi connectivity index (χ0n) is 10.5. The van der Waals surface area contributed by atoms with E-state index in [1.165, 1.54) is 6.07 Å². The number of nitrogens with two attached hydrogens (primary N) is 1. The third-order valence-corrected chi connectivity index (χ3v) is 3.78. The lowest BCUT2D eigenvalue weighted by Gasteiger charge is -2.21. The molecule has 4 N–H and O–H groups in total. The quantitative estimate of drug-likeness (QED) is 0.768. The topological polar surface area (TPSA) is 83.5 Å². The average molecular weight is 249 g/mol. The molecule has 0 aromatic heterocycles. The highest BCUT2D eigenvalue weighted by molar-refractivity contribution is 5.91. The summed E-state index contributed by atoms with van der Waals surface area (Å²) in [6.07, 6.45) is 4.43. The number of benzene rings is 1. The maximum Gasteiger partial charge on any atom is 0.339 e. The fourth-order valence-electron chi connectivity index (χ4n) is 2.79. The molecule has 0 heterocycles. The Morgan fingerprint density at radius 1 is 1.39 bits per heavy atom. The number of aryl methyl sites for hydroxylation is 1. The molecule has 2 rings (SSSR count). The van der Waals surface area contributed by atoms with Crippen molar-refractivity contribution in [3.63, 3.8) is 0 Å². The molecule has 1 aromatic rings. The first-order valence-electron chi connectivity index (χ1n) is 6.33. The van der Waals surface area contributed by atoms with Crippen LogP contribution >= 0.6 is 0 Å². The first-order chi connectivity index (χ1) is 8.50. The van der Waals surface area contributed by atoms with Crippen LogP contribution in [-0.2, 0) is 0 Å². The molecule has 0 amide bonds. The van der Waals surface area contributed by atoms with Gasteiger partial charge in [-0.1, -0.05) is 18.9 Å². The average Bonchev–Trinajstić information content (AvgIpc) is 2.84. The first kappa shape index (κ1) is 12.9. The van der Waals surface area contributed by atoms with E-state index in [2.05, 4.69) is 0 Å². The summed E-state index contributed by atoms with van der Waals surface area (Å²) in [7, 11) is 0. The lowest BCUT2D eigenvalue weighted by molar-refractivity contribution is 0.0693. The minimum Gasteiger partial charge on any atom is -0.507 e. The van der Waals surface area contributed by atoms with Gasteiger partial charge in [0.25, 0.3) is 0 Å². The number of aromatic carboxylic acids is 1. The third-order valence-electron chi connectivity index (χ3n) is 3.78. The Bertz CT molecular complexity index is 464. The van der Waals surface area contributed by atoms with E-state index < -0.39 is 5.97 Å². The Morgan fingerprint density at radius 3 is 2.56 bits per heavy atom. The highest BCUT2D eigenvalue weighted by Crippen LogP contribution is 2.38. The van der Waals surface area contributed by atoms with Gasteiger partial charge >= 0.3 is 5.97 Å². The van der Waals surface area contributed by atoms with E-state index in [1.54, 1.807) is 6.07 Å². The molecule has 4 heteroatoms. The summed E-state index contributed by atoms with van der Waals surface area (Å²) >= 11 is 0. The normalized spacial score (nSPS) is 17.9. The molecular formula is C14H19NO3. The molecule has 0 radical (unpaired) electrons. The summed E-state index contributed by atoms with van der Waals surface area (Å²) in [5.74, 6) is -0.942. The molecule has 1 atom stereocenters. The number of rotatable bonds is 3. The van der Waals surface area contributed by atoms with Crippen LogP contribution in [0.4, 0.5) is 0 Å². The smallest absolute Gasteiger partial charge is 0.339 e. The lowest BCUT2D eigenvalue weighted by Crippen LogP contribution is -2.20. The van der Waals surface area contributed by atoms with E-state index in [-0.39, 0.29) is 17.4 Å². The van der Waals surface area contributed by atoms with Crippen molar-refractivity contribution in [3.8, 4) is 5.75 Å². The van der Waals surface area contributed by atoms with E-state index in [0.29, 0.717) is 11.5 Å². The van der Waals surface area contributed by atoms with Gasteiger partial charge in [-0.25, -0.2) is 4.79 Å². The van der Waals surface area contributed by atoms with Crippen molar-refractivity contribution in [2.75, 3.05) is 0 Å². The zero-order valence-corrected chi connectivity index (χ0v) is 10.5. The van der Waals surface area contributed by atoms with Gasteiger partial charge in [0.1, 0.15) is 11.3 Å². The molecule has 0 saturated heterocycles. The molecule has 1 aliphatic rings. The van der Waals surface area contributed by atoms with Crippen LogP contribution in [0.5, 0.6) is 5.75 Å². The van der Waals surface area contributed by atoms with E-state index >= 15 is 0 Å². The monoisotopic (exact) mass is 249 g/mol. The van der Waals surface area contributed by atoms with Crippen LogP contribution in [0, 0.1) is 12.8 Å². The van der Waals surface area contributed by atoms with E-state index in [4.69, 9.17) is 10.8 Å². The maximum absolute atomic E-state index is 11.1. The molecule has 0 unspecified atom stereocenters. The highest BCUT2D eigenvalue weighted by Gasteiger charge is 2.27. The number of hydrogen-bond donors (Lipinski definition) is 3. The van der Waals surface area contributed by atoms with Crippen molar-refractivity contribution in [1.29, 1.82) is 0 Å². The van der Waals surface area contributed by atoms with E-state index in [9.17, 15) is 9.90 Å². The van der Waals surface area contributed by atoms with Gasteiger partial charge in [-0.2, -0.15) is 0 Å². The Kier molecular flexibility index (Phi) is 3.57. The molecule has 1 aromatic carbocycles. The van der Waals surface area contributed by atoms with Crippen LogP contribution in [0.15, 0.2) is 12.1 Å². The van der Waals surface area contributed by atoms with Gasteiger partial charge in [0, 0.05) is 11.6 Å². The molecule has 4 nitrogen and oxygen atoms in total. The second-order valence-corrected chi connectivity index (χ2v) is 5.13. The summed E-state index contributed by atoms with van der Waals surface area (Å²) in [5, 5.41) is 19.1. The van der Waals surface area contributed by atoms with Crippen molar-refractivity contribution in [2.24, 2.45) is 11.7 Å². The largest absolute Gasteiger partial charge is 0.507 e. The van der Waals surface area contributed by atoms with Crippen molar-refractivity contribution in [3.05, 3.63) is 28.8 Å². The van der Waals surface area contributed by atoms with Gasteiger partial charge < -0.3 is 15.9 Å². The number of phenols is 1. The Morgan fingerprint density at radius 2 is 2.00 bits per heavy atom. The SMILES string of the molecule is Cc1cc(C(=O)O)c(O)c([C@H](N)C2CCCC2)c1. The van der Waals surface area contributed by atoms with Crippen LogP contribution in [-0.4, -0.2) is 16.2 Å². The Balaban J connectivity index is 2.40. The standard InChI is InChI=1S/C14H19NO3/c1-8-6-10(12(15)9-4-2-3-5-9)13(16)11(7-8)14(17)18/h6-7,9,12,16H,2-5,15H2,1H3,(H,17,18)/t12-/m1/s1. The summed E-state index contributed by atoms with van der Waals surface area (Å²) in [6.45, 7) is 1.82. The number of carboxylic acids is 1. The fourth-order valence-corrected chi connectivity index (χ4v) is 2.79. The zero-order chi connectivity index (χ0) is 13.3. The second-order valence-electron chi connectivity index (χ2n) is 5.13. The molecule has 0 spiro atoms. The first-order valence-corrected chi connectivity index (χ1v) is 6.33. The molecule has 0 aliphatic heterocycles. The third kappa shape index (κ3) is 2.34. The van der Waals surface area contributed by atoms with Crippen molar-refractivity contribution >= 4 is 5.97 Å². The van der Waals surface area contributed by atoms with Gasteiger partial charge in [-0.3, -0.25) is 0 Å². The summed E-state index contributed by atoms with van der Waals surface area (Å²) in [6, 6.07) is 3.00. The van der Waals surface area contributed by atoms with Crippen molar-refractivity contribution < 1.29 is 15.0 Å². The molecule has 0 bridgehead atoms. The number of aromatic hydroxyl groups is 1. The van der Waals surface area contributed by atoms with Gasteiger partial charge in [-0.05, 0) is 37.3 Å². The Labute approximate surface area is 106 Å². The maximum atomic E-state index is 11.1. The lowest BCUT2D eigenvalue weighted by atomic mass is 9.89. The van der Waals surface area contributed by atoms with Crippen molar-refractivity contribution in [2.45, 2.75) is 38.6 Å².